The molecule has 0 bridgehead atoms. The summed E-state index contributed by atoms with van der Waals surface area (Å²) in [4.78, 5) is 0. The Morgan fingerprint density at radius 2 is 1.63 bits per heavy atom. The van der Waals surface area contributed by atoms with Crippen molar-refractivity contribution in [3.05, 3.63) is 0 Å². The van der Waals surface area contributed by atoms with Crippen LogP contribution in [0, 0.1) is 0 Å². The van der Waals surface area contributed by atoms with Crippen LogP contribution in [0.15, 0.2) is 0 Å². The zero-order chi connectivity index (χ0) is 14.8. The summed E-state index contributed by atoms with van der Waals surface area (Å²) in [6, 6.07) is 3.65. The molecule has 5 heteroatoms. The van der Waals surface area contributed by atoms with E-state index in [-0.39, 0.29) is 6.61 Å². The molecule has 0 aromatic rings. The van der Waals surface area contributed by atoms with Crippen molar-refractivity contribution in [3.8, 4) is 0 Å². The molecule has 0 amide bonds. The fraction of sp³-hybridized carbons (Fsp3) is 1.00. The molecule has 0 aliphatic rings. The van der Waals surface area contributed by atoms with Crippen LogP contribution in [0.2, 0.25) is 37.8 Å². The van der Waals surface area contributed by atoms with Crippen LogP contribution in [-0.2, 0) is 8.85 Å². The van der Waals surface area contributed by atoms with Crippen LogP contribution in [0.4, 0.5) is 0 Å². The monoisotopic (exact) mass is 306 g/mol. The molecule has 0 aliphatic heterocycles. The van der Waals surface area contributed by atoms with Gasteiger partial charge in [0, 0.05) is 6.61 Å². The molecule has 19 heavy (non-hydrogen) atoms. The number of aliphatic hydroxyl groups excluding tert-OH is 1. The van der Waals surface area contributed by atoms with Gasteiger partial charge in [0.2, 0.25) is 0 Å². The Kier molecular flexibility index (Phi) is 10.3. The third-order valence-electron chi connectivity index (χ3n) is 3.63. The third kappa shape index (κ3) is 9.79. The van der Waals surface area contributed by atoms with Gasteiger partial charge in [0.15, 0.2) is 16.6 Å². The minimum absolute atomic E-state index is 0.121. The van der Waals surface area contributed by atoms with Crippen molar-refractivity contribution in [1.29, 1.82) is 0 Å². The van der Waals surface area contributed by atoms with Gasteiger partial charge in [-0.15, -0.1) is 0 Å². The predicted molar refractivity (Wildman–Crippen MR) is 87.7 cm³/mol. The maximum atomic E-state index is 8.67. The molecule has 0 aromatic heterocycles. The van der Waals surface area contributed by atoms with Crippen LogP contribution in [-0.4, -0.2) is 41.6 Å². The molecule has 1 unspecified atom stereocenters. The molecule has 0 aromatic carbocycles. The molecule has 0 spiro atoms. The van der Waals surface area contributed by atoms with Gasteiger partial charge in [0.1, 0.15) is 0 Å². The van der Waals surface area contributed by atoms with Crippen molar-refractivity contribution in [1.82, 2.24) is 0 Å². The second-order valence-electron chi connectivity index (χ2n) is 6.21. The van der Waals surface area contributed by atoms with Crippen molar-refractivity contribution in [2.24, 2.45) is 0 Å². The number of aliphatic hydroxyl groups is 1. The first-order chi connectivity index (χ1) is 8.89. The second kappa shape index (κ2) is 10.1. The third-order valence-corrected chi connectivity index (χ3v) is 12.3. The van der Waals surface area contributed by atoms with Crippen molar-refractivity contribution < 1.29 is 14.0 Å². The maximum Gasteiger partial charge on any atom is 0.176 e. The van der Waals surface area contributed by atoms with Crippen molar-refractivity contribution in [3.63, 3.8) is 0 Å². The normalized spacial score (nSPS) is 15.5. The van der Waals surface area contributed by atoms with E-state index in [9.17, 15) is 0 Å². The number of hydrogen-bond acceptors (Lipinski definition) is 3. The molecular formula is C14H34O3Si2. The summed E-state index contributed by atoms with van der Waals surface area (Å²) in [5.41, 5.74) is 0. The fourth-order valence-electron chi connectivity index (χ4n) is 2.34. The van der Waals surface area contributed by atoms with E-state index in [4.69, 9.17) is 14.0 Å². The number of ether oxygens (including phenoxy) is 1. The topological polar surface area (TPSA) is 38.7 Å². The van der Waals surface area contributed by atoms with Gasteiger partial charge in [-0.05, 0) is 44.2 Å². The number of hydrogen-bond donors (Lipinski definition) is 1. The zero-order valence-corrected chi connectivity index (χ0v) is 15.6. The highest BCUT2D eigenvalue weighted by Gasteiger charge is 2.34. The average Bonchev–Trinajstić information content (AvgIpc) is 2.36. The Bertz CT molecular complexity index is 225. The molecule has 0 heterocycles. The summed E-state index contributed by atoms with van der Waals surface area (Å²) in [6.07, 6.45) is 3.63. The number of unbranched alkanes of at least 4 members (excludes halogenated alkanes) is 1. The average molecular weight is 307 g/mol. The lowest BCUT2D eigenvalue weighted by atomic mass is 10.4. The maximum absolute atomic E-state index is 8.67. The van der Waals surface area contributed by atoms with Gasteiger partial charge >= 0.3 is 0 Å². The van der Waals surface area contributed by atoms with Crippen molar-refractivity contribution in [2.45, 2.75) is 70.9 Å². The van der Waals surface area contributed by atoms with E-state index in [1.165, 1.54) is 31.0 Å². The molecule has 0 saturated carbocycles. The molecule has 1 N–H and O–H groups in total. The van der Waals surface area contributed by atoms with E-state index in [2.05, 4.69) is 33.5 Å². The van der Waals surface area contributed by atoms with Crippen LogP contribution < -0.4 is 0 Å². The lowest BCUT2D eigenvalue weighted by molar-refractivity contribution is 0.0924. The molecule has 0 aliphatic carbocycles. The quantitative estimate of drug-likeness (QED) is 0.437. The first-order valence-electron chi connectivity index (χ1n) is 7.78. The Hall–Kier alpha value is 0.314. The van der Waals surface area contributed by atoms with Gasteiger partial charge in [-0.25, -0.2) is 0 Å². The summed E-state index contributed by atoms with van der Waals surface area (Å²) < 4.78 is 12.0. The predicted octanol–water partition coefficient (Wildman–Crippen LogP) is 4.00. The lowest BCUT2D eigenvalue weighted by Crippen LogP contribution is -2.46. The summed E-state index contributed by atoms with van der Waals surface area (Å²) in [5, 5.41) is 8.67. The molecule has 0 fully saturated rings. The summed E-state index contributed by atoms with van der Waals surface area (Å²) in [5.74, 6) is 0. The first-order valence-corrected chi connectivity index (χ1v) is 13.7. The van der Waals surface area contributed by atoms with Crippen LogP contribution in [0.25, 0.3) is 0 Å². The standard InChI is InChI=1S/C14H34O3Si2/c1-6-8-13-18(3,4)17-19(5,7-2)14-9-11-16-12-10-15/h15H,6-14H2,1-5H3. The zero-order valence-electron chi connectivity index (χ0n) is 13.6. The molecular weight excluding hydrogens is 272 g/mol. The molecule has 0 radical (unpaired) electrons. The largest absolute Gasteiger partial charge is 0.455 e. The van der Waals surface area contributed by atoms with Gasteiger partial charge in [0.25, 0.3) is 0 Å². The summed E-state index contributed by atoms with van der Waals surface area (Å²) in [7, 11) is -3.02. The van der Waals surface area contributed by atoms with E-state index in [0.717, 1.165) is 13.0 Å². The Morgan fingerprint density at radius 1 is 0.947 bits per heavy atom. The molecule has 3 nitrogen and oxygen atoms in total. The highest BCUT2D eigenvalue weighted by Crippen LogP contribution is 2.27. The molecule has 116 valence electrons. The highest BCUT2D eigenvalue weighted by atomic mass is 28.4. The molecule has 0 rings (SSSR count). The van der Waals surface area contributed by atoms with E-state index in [0.29, 0.717) is 6.61 Å². The summed E-state index contributed by atoms with van der Waals surface area (Å²) in [6.45, 7) is 13.0. The van der Waals surface area contributed by atoms with Crippen LogP contribution >= 0.6 is 0 Å². The second-order valence-corrected chi connectivity index (χ2v) is 15.2. The Balaban J connectivity index is 4.12. The minimum atomic E-state index is -1.55. The van der Waals surface area contributed by atoms with Crippen LogP contribution in [0.3, 0.4) is 0 Å². The van der Waals surface area contributed by atoms with E-state index < -0.39 is 16.6 Å². The lowest BCUT2D eigenvalue weighted by Gasteiger charge is -2.36. The van der Waals surface area contributed by atoms with Crippen LogP contribution in [0.5, 0.6) is 0 Å². The smallest absolute Gasteiger partial charge is 0.176 e. The van der Waals surface area contributed by atoms with Gasteiger partial charge in [-0.3, -0.25) is 0 Å². The van der Waals surface area contributed by atoms with Crippen molar-refractivity contribution >= 4 is 16.6 Å². The highest BCUT2D eigenvalue weighted by molar-refractivity contribution is 6.85. The van der Waals surface area contributed by atoms with Gasteiger partial charge in [-0.1, -0.05) is 26.7 Å². The van der Waals surface area contributed by atoms with Crippen LogP contribution in [0.1, 0.15) is 33.1 Å². The Morgan fingerprint density at radius 3 is 2.16 bits per heavy atom. The summed E-state index contributed by atoms with van der Waals surface area (Å²) >= 11 is 0. The number of rotatable bonds is 12. The van der Waals surface area contributed by atoms with E-state index in [1.54, 1.807) is 0 Å². The van der Waals surface area contributed by atoms with Crippen molar-refractivity contribution in [2.75, 3.05) is 19.8 Å². The SMILES string of the molecule is CCCC[Si](C)(C)O[Si](C)(CC)CCCOCCO. The first kappa shape index (κ1) is 19.3. The van der Waals surface area contributed by atoms with E-state index in [1.807, 2.05) is 0 Å². The van der Waals surface area contributed by atoms with Gasteiger partial charge < -0.3 is 14.0 Å². The molecule has 0 saturated heterocycles. The minimum Gasteiger partial charge on any atom is -0.455 e. The molecule has 1 atom stereocenters. The van der Waals surface area contributed by atoms with Gasteiger partial charge in [0.05, 0.1) is 13.2 Å². The van der Waals surface area contributed by atoms with Gasteiger partial charge in [-0.2, -0.15) is 0 Å². The van der Waals surface area contributed by atoms with E-state index >= 15 is 0 Å². The fourth-order valence-corrected chi connectivity index (χ4v) is 11.5. The Labute approximate surface area is 122 Å².